The summed E-state index contributed by atoms with van der Waals surface area (Å²) in [6.07, 6.45) is 0.277. The molecule has 1 aromatic carbocycles. The SMILES string of the molecule is CC(O)CCN(C)CC(=O)c1ccc(Cl)cc1Cl. The van der Waals surface area contributed by atoms with Gasteiger partial charge in [-0.15, -0.1) is 0 Å². The van der Waals surface area contributed by atoms with E-state index in [0.29, 0.717) is 28.6 Å². The lowest BCUT2D eigenvalue weighted by atomic mass is 10.1. The molecule has 5 heteroatoms. The van der Waals surface area contributed by atoms with Gasteiger partial charge in [0.15, 0.2) is 5.78 Å². The molecule has 18 heavy (non-hydrogen) atoms. The van der Waals surface area contributed by atoms with Crippen LogP contribution in [0, 0.1) is 0 Å². The van der Waals surface area contributed by atoms with Crippen LogP contribution < -0.4 is 0 Å². The third kappa shape index (κ3) is 4.94. The Morgan fingerprint density at radius 3 is 2.67 bits per heavy atom. The van der Waals surface area contributed by atoms with Crippen molar-refractivity contribution in [1.29, 1.82) is 0 Å². The van der Waals surface area contributed by atoms with Crippen LogP contribution in [-0.2, 0) is 0 Å². The molecule has 0 aliphatic heterocycles. The van der Waals surface area contributed by atoms with Gasteiger partial charge in [0.25, 0.3) is 0 Å². The lowest BCUT2D eigenvalue weighted by molar-refractivity contribution is 0.0931. The van der Waals surface area contributed by atoms with Crippen LogP contribution in [0.2, 0.25) is 10.0 Å². The molecule has 1 unspecified atom stereocenters. The summed E-state index contributed by atoms with van der Waals surface area (Å²) in [4.78, 5) is 13.9. The highest BCUT2D eigenvalue weighted by molar-refractivity contribution is 6.36. The van der Waals surface area contributed by atoms with Crippen LogP contribution in [0.5, 0.6) is 0 Å². The lowest BCUT2D eigenvalue weighted by Crippen LogP contribution is -2.28. The molecule has 0 spiro atoms. The molecule has 100 valence electrons. The van der Waals surface area contributed by atoms with E-state index in [1.54, 1.807) is 25.1 Å². The van der Waals surface area contributed by atoms with Crippen LogP contribution in [0.25, 0.3) is 0 Å². The monoisotopic (exact) mass is 289 g/mol. The topological polar surface area (TPSA) is 40.5 Å². The molecule has 1 rings (SSSR count). The summed E-state index contributed by atoms with van der Waals surface area (Å²) < 4.78 is 0. The second-order valence-corrected chi connectivity index (χ2v) is 5.27. The van der Waals surface area contributed by atoms with Crippen molar-refractivity contribution in [3.63, 3.8) is 0 Å². The summed E-state index contributed by atoms with van der Waals surface area (Å²) in [5, 5.41) is 10.1. The fourth-order valence-corrected chi connectivity index (χ4v) is 2.05. The first-order chi connectivity index (χ1) is 8.40. The standard InChI is InChI=1S/C13H17Cl2NO2/c1-9(17)5-6-16(2)8-13(18)11-4-3-10(14)7-12(11)15/h3-4,7,9,17H,5-6,8H2,1-2H3. The predicted molar refractivity (Wildman–Crippen MR) is 74.6 cm³/mol. The number of aliphatic hydroxyl groups excluding tert-OH is 1. The minimum atomic E-state index is -0.360. The quantitative estimate of drug-likeness (QED) is 0.819. The number of hydrogen-bond acceptors (Lipinski definition) is 3. The van der Waals surface area contributed by atoms with Crippen LogP contribution in [-0.4, -0.2) is 42.0 Å². The molecule has 0 saturated heterocycles. The zero-order valence-corrected chi connectivity index (χ0v) is 12.0. The number of hydrogen-bond donors (Lipinski definition) is 1. The zero-order chi connectivity index (χ0) is 13.7. The number of nitrogens with zero attached hydrogens (tertiary/aromatic N) is 1. The molecule has 0 aliphatic carbocycles. The highest BCUT2D eigenvalue weighted by Gasteiger charge is 2.13. The minimum absolute atomic E-state index is 0.0511. The number of likely N-dealkylation sites (N-methyl/N-ethyl adjacent to an activating group) is 1. The van der Waals surface area contributed by atoms with Crippen LogP contribution in [0.1, 0.15) is 23.7 Å². The van der Waals surface area contributed by atoms with Crippen molar-refractivity contribution in [3.8, 4) is 0 Å². The van der Waals surface area contributed by atoms with Crippen LogP contribution in [0.3, 0.4) is 0 Å². The van der Waals surface area contributed by atoms with Gasteiger partial charge in [-0.05, 0) is 38.6 Å². The molecule has 3 nitrogen and oxygen atoms in total. The average Bonchev–Trinajstić information content (AvgIpc) is 2.26. The maximum Gasteiger partial charge on any atom is 0.178 e. The Morgan fingerprint density at radius 1 is 1.44 bits per heavy atom. The predicted octanol–water partition coefficient (Wildman–Crippen LogP) is 2.88. The van der Waals surface area contributed by atoms with Gasteiger partial charge in [-0.2, -0.15) is 0 Å². The number of rotatable bonds is 6. The van der Waals surface area contributed by atoms with E-state index in [-0.39, 0.29) is 18.4 Å². The number of carbonyl (C=O) groups is 1. The lowest BCUT2D eigenvalue weighted by Gasteiger charge is -2.17. The van der Waals surface area contributed by atoms with Gasteiger partial charge in [-0.25, -0.2) is 0 Å². The van der Waals surface area contributed by atoms with Gasteiger partial charge in [0, 0.05) is 17.1 Å². The van der Waals surface area contributed by atoms with Crippen LogP contribution in [0.15, 0.2) is 18.2 Å². The summed E-state index contributed by atoms with van der Waals surface area (Å²) in [5.41, 5.74) is 0.477. The normalized spacial score (nSPS) is 12.8. The molecule has 0 saturated carbocycles. The molecule has 1 aromatic rings. The molecule has 0 aliphatic rings. The molecule has 0 bridgehead atoms. The molecule has 1 N–H and O–H groups in total. The molecular formula is C13H17Cl2NO2. The van der Waals surface area contributed by atoms with E-state index in [9.17, 15) is 9.90 Å². The van der Waals surface area contributed by atoms with Crippen LogP contribution in [0.4, 0.5) is 0 Å². The summed E-state index contributed by atoms with van der Waals surface area (Å²) in [5.74, 6) is -0.0511. The zero-order valence-electron chi connectivity index (χ0n) is 10.5. The van der Waals surface area contributed by atoms with Crippen molar-refractivity contribution in [2.24, 2.45) is 0 Å². The van der Waals surface area contributed by atoms with Crippen molar-refractivity contribution in [1.82, 2.24) is 4.90 Å². The van der Waals surface area contributed by atoms with Gasteiger partial charge in [0.05, 0.1) is 17.7 Å². The Kier molecular flexibility index (Phi) is 6.09. The van der Waals surface area contributed by atoms with Crippen molar-refractivity contribution in [2.45, 2.75) is 19.4 Å². The van der Waals surface area contributed by atoms with Crippen LogP contribution >= 0.6 is 23.2 Å². The smallest absolute Gasteiger partial charge is 0.178 e. The third-order valence-electron chi connectivity index (χ3n) is 2.57. The van der Waals surface area contributed by atoms with Crippen molar-refractivity contribution in [3.05, 3.63) is 33.8 Å². The van der Waals surface area contributed by atoms with E-state index in [1.807, 2.05) is 11.9 Å². The second kappa shape index (κ2) is 7.10. The Hall–Kier alpha value is -0.610. The number of benzene rings is 1. The molecule has 1 atom stereocenters. The maximum atomic E-state index is 12.0. The van der Waals surface area contributed by atoms with E-state index >= 15 is 0 Å². The maximum absolute atomic E-state index is 12.0. The van der Waals surface area contributed by atoms with Crippen molar-refractivity contribution < 1.29 is 9.90 Å². The van der Waals surface area contributed by atoms with E-state index in [0.717, 1.165) is 0 Å². The number of Topliss-reactive ketones (excluding diaryl/α,β-unsaturated/α-hetero) is 1. The Labute approximate surface area is 117 Å². The Bertz CT molecular complexity index is 421. The Balaban J connectivity index is 2.59. The molecule has 0 radical (unpaired) electrons. The van der Waals surface area contributed by atoms with Crippen molar-refractivity contribution in [2.75, 3.05) is 20.1 Å². The minimum Gasteiger partial charge on any atom is -0.393 e. The molecule has 0 fully saturated rings. The number of aliphatic hydroxyl groups is 1. The number of carbonyl (C=O) groups excluding carboxylic acids is 1. The highest BCUT2D eigenvalue weighted by atomic mass is 35.5. The first-order valence-corrected chi connectivity index (χ1v) is 6.50. The largest absolute Gasteiger partial charge is 0.393 e. The second-order valence-electron chi connectivity index (χ2n) is 4.42. The van der Waals surface area contributed by atoms with E-state index in [2.05, 4.69) is 0 Å². The summed E-state index contributed by atoms with van der Waals surface area (Å²) in [7, 11) is 1.84. The Morgan fingerprint density at radius 2 is 2.11 bits per heavy atom. The fraction of sp³-hybridized carbons (Fsp3) is 0.462. The summed E-state index contributed by atoms with van der Waals surface area (Å²) in [6.45, 7) is 2.66. The van der Waals surface area contributed by atoms with Gasteiger partial charge in [-0.1, -0.05) is 23.2 Å². The van der Waals surface area contributed by atoms with E-state index in [1.165, 1.54) is 0 Å². The molecule has 0 amide bonds. The van der Waals surface area contributed by atoms with Gasteiger partial charge in [-0.3, -0.25) is 9.69 Å². The van der Waals surface area contributed by atoms with Gasteiger partial charge in [0.2, 0.25) is 0 Å². The molecule has 0 heterocycles. The first-order valence-electron chi connectivity index (χ1n) is 5.75. The summed E-state index contributed by atoms with van der Waals surface area (Å²) >= 11 is 11.7. The van der Waals surface area contributed by atoms with Gasteiger partial charge in [0.1, 0.15) is 0 Å². The third-order valence-corrected chi connectivity index (χ3v) is 3.12. The number of halogens is 2. The van der Waals surface area contributed by atoms with E-state index in [4.69, 9.17) is 23.2 Å². The van der Waals surface area contributed by atoms with Gasteiger partial charge < -0.3 is 5.11 Å². The van der Waals surface area contributed by atoms with Crippen molar-refractivity contribution >= 4 is 29.0 Å². The number of ketones is 1. The molecular weight excluding hydrogens is 273 g/mol. The average molecular weight is 290 g/mol. The van der Waals surface area contributed by atoms with E-state index < -0.39 is 0 Å². The fourth-order valence-electron chi connectivity index (χ4n) is 1.53. The molecule has 0 aromatic heterocycles. The van der Waals surface area contributed by atoms with Gasteiger partial charge >= 0.3 is 0 Å². The first kappa shape index (κ1) is 15.4. The summed E-state index contributed by atoms with van der Waals surface area (Å²) in [6, 6.07) is 4.85. The highest BCUT2D eigenvalue weighted by Crippen LogP contribution is 2.21.